The molecule has 126 valence electrons. The molecule has 3 rings (SSSR count). The normalized spacial score (nSPS) is 17.8. The largest absolute Gasteiger partial charge is 0.351 e. The van der Waals surface area contributed by atoms with Crippen molar-refractivity contribution in [1.82, 2.24) is 15.2 Å². The second kappa shape index (κ2) is 7.53. The number of benzene rings is 1. The highest BCUT2D eigenvalue weighted by molar-refractivity contribution is 5.72. The molecule has 0 bridgehead atoms. The maximum absolute atomic E-state index is 13.4. The van der Waals surface area contributed by atoms with E-state index >= 15 is 0 Å². The minimum Gasteiger partial charge on any atom is -0.351 e. The van der Waals surface area contributed by atoms with Crippen LogP contribution >= 0.6 is 0 Å². The molecule has 1 N–H and O–H groups in total. The molecule has 4 nitrogen and oxygen atoms in total. The molecule has 1 aliphatic rings. The first-order valence-corrected chi connectivity index (χ1v) is 8.30. The Bertz CT molecular complexity index is 719. The molecule has 1 fully saturated rings. The van der Waals surface area contributed by atoms with Gasteiger partial charge in [-0.15, -0.1) is 0 Å². The average molecular weight is 327 g/mol. The lowest BCUT2D eigenvalue weighted by Gasteiger charge is -2.24. The molecule has 1 aromatic carbocycles. The number of hydrogen-bond donors (Lipinski definition) is 1. The number of amides is 1. The summed E-state index contributed by atoms with van der Waals surface area (Å²) in [5, 5.41) is 2.78. The predicted molar refractivity (Wildman–Crippen MR) is 90.5 cm³/mol. The highest BCUT2D eigenvalue weighted by Gasteiger charge is 2.27. The van der Waals surface area contributed by atoms with Crippen LogP contribution in [-0.2, 0) is 17.9 Å². The van der Waals surface area contributed by atoms with E-state index in [4.69, 9.17) is 4.98 Å². The van der Waals surface area contributed by atoms with Crippen molar-refractivity contribution in [2.24, 2.45) is 0 Å². The Morgan fingerprint density at radius 1 is 1.33 bits per heavy atom. The van der Waals surface area contributed by atoms with Crippen molar-refractivity contribution in [3.63, 3.8) is 0 Å². The van der Waals surface area contributed by atoms with Crippen LogP contribution in [0.15, 0.2) is 42.5 Å². The molecule has 1 aliphatic heterocycles. The lowest BCUT2D eigenvalue weighted by atomic mass is 10.1. The van der Waals surface area contributed by atoms with Gasteiger partial charge in [-0.3, -0.25) is 14.7 Å². The molecule has 2 aromatic rings. The Morgan fingerprint density at radius 3 is 2.96 bits per heavy atom. The third-order valence-electron chi connectivity index (χ3n) is 4.33. The van der Waals surface area contributed by atoms with E-state index in [-0.39, 0.29) is 17.8 Å². The van der Waals surface area contributed by atoms with Crippen LogP contribution in [0.5, 0.6) is 0 Å². The molecule has 0 radical (unpaired) electrons. The highest BCUT2D eigenvalue weighted by Crippen LogP contribution is 2.32. The van der Waals surface area contributed by atoms with Gasteiger partial charge in [-0.25, -0.2) is 4.39 Å². The minimum absolute atomic E-state index is 0.0594. The fourth-order valence-electron chi connectivity index (χ4n) is 3.22. The number of aromatic nitrogens is 1. The molecule has 0 saturated carbocycles. The first kappa shape index (κ1) is 16.6. The van der Waals surface area contributed by atoms with Gasteiger partial charge in [-0.1, -0.05) is 18.2 Å². The summed E-state index contributed by atoms with van der Waals surface area (Å²) in [7, 11) is 0. The van der Waals surface area contributed by atoms with Gasteiger partial charge >= 0.3 is 0 Å². The van der Waals surface area contributed by atoms with Crippen LogP contribution < -0.4 is 5.32 Å². The second-order valence-corrected chi connectivity index (χ2v) is 6.22. The van der Waals surface area contributed by atoms with E-state index in [1.165, 1.54) is 13.0 Å². The molecule has 0 spiro atoms. The van der Waals surface area contributed by atoms with Gasteiger partial charge in [0.05, 0.1) is 24.0 Å². The molecule has 1 saturated heterocycles. The van der Waals surface area contributed by atoms with E-state index in [2.05, 4.69) is 10.2 Å². The number of halogens is 1. The van der Waals surface area contributed by atoms with Crippen LogP contribution in [0.4, 0.5) is 4.39 Å². The highest BCUT2D eigenvalue weighted by atomic mass is 19.1. The maximum atomic E-state index is 13.4. The smallest absolute Gasteiger partial charge is 0.217 e. The SMILES string of the molecule is CC(=O)NCc1cccc([C@H]2CCCN2Cc2cccc(F)c2)n1. The fraction of sp³-hybridized carbons (Fsp3) is 0.368. The monoisotopic (exact) mass is 327 g/mol. The van der Waals surface area contributed by atoms with E-state index in [1.54, 1.807) is 12.1 Å². The van der Waals surface area contributed by atoms with E-state index in [0.29, 0.717) is 6.54 Å². The predicted octanol–water partition coefficient (Wildman–Crippen LogP) is 3.19. The van der Waals surface area contributed by atoms with E-state index in [1.807, 2.05) is 24.3 Å². The zero-order valence-corrected chi connectivity index (χ0v) is 13.8. The summed E-state index contributed by atoms with van der Waals surface area (Å²) in [6, 6.07) is 13.0. The van der Waals surface area contributed by atoms with E-state index in [9.17, 15) is 9.18 Å². The zero-order chi connectivity index (χ0) is 16.9. The first-order valence-electron chi connectivity index (χ1n) is 8.30. The summed E-state index contributed by atoms with van der Waals surface area (Å²) in [4.78, 5) is 18.1. The molecule has 0 aliphatic carbocycles. The number of nitrogens with zero attached hydrogens (tertiary/aromatic N) is 2. The number of rotatable bonds is 5. The molecular weight excluding hydrogens is 305 g/mol. The Labute approximate surface area is 141 Å². The van der Waals surface area contributed by atoms with Crippen LogP contribution in [0.3, 0.4) is 0 Å². The van der Waals surface area contributed by atoms with Crippen molar-refractivity contribution in [2.45, 2.75) is 38.9 Å². The number of likely N-dealkylation sites (tertiary alicyclic amines) is 1. The van der Waals surface area contributed by atoms with Gasteiger partial charge in [0.25, 0.3) is 0 Å². The lowest BCUT2D eigenvalue weighted by molar-refractivity contribution is -0.119. The van der Waals surface area contributed by atoms with Crippen molar-refractivity contribution in [3.05, 3.63) is 65.2 Å². The average Bonchev–Trinajstić information content (AvgIpc) is 3.01. The van der Waals surface area contributed by atoms with Crippen LogP contribution in [0.25, 0.3) is 0 Å². The number of nitrogens with one attached hydrogen (secondary N) is 1. The van der Waals surface area contributed by atoms with E-state index in [0.717, 1.165) is 42.9 Å². The minimum atomic E-state index is -0.196. The molecule has 24 heavy (non-hydrogen) atoms. The molecule has 0 unspecified atom stereocenters. The van der Waals surface area contributed by atoms with Gasteiger partial charge in [-0.05, 0) is 49.2 Å². The fourth-order valence-corrected chi connectivity index (χ4v) is 3.22. The Balaban J connectivity index is 1.73. The first-order chi connectivity index (χ1) is 11.6. The van der Waals surface area contributed by atoms with Crippen molar-refractivity contribution >= 4 is 5.91 Å². The number of carbonyl (C=O) groups is 1. The van der Waals surface area contributed by atoms with E-state index < -0.39 is 0 Å². The standard InChI is InChI=1S/C19H22FN3O/c1-14(24)21-12-17-7-3-8-18(22-17)19-9-4-10-23(19)13-15-5-2-6-16(20)11-15/h2-3,5-8,11,19H,4,9-10,12-13H2,1H3,(H,21,24)/t19-/m1/s1. The zero-order valence-electron chi connectivity index (χ0n) is 13.8. The second-order valence-electron chi connectivity index (χ2n) is 6.22. The van der Waals surface area contributed by atoms with Crippen LogP contribution in [0.2, 0.25) is 0 Å². The van der Waals surface area contributed by atoms with Crippen molar-refractivity contribution in [2.75, 3.05) is 6.54 Å². The third kappa shape index (κ3) is 4.17. The molecule has 1 aromatic heterocycles. The van der Waals surface area contributed by atoms with Crippen molar-refractivity contribution < 1.29 is 9.18 Å². The van der Waals surface area contributed by atoms with Gasteiger partial charge in [0.1, 0.15) is 5.82 Å². The van der Waals surface area contributed by atoms with Crippen LogP contribution in [0.1, 0.15) is 42.8 Å². The summed E-state index contributed by atoms with van der Waals surface area (Å²) < 4.78 is 13.4. The van der Waals surface area contributed by atoms with Gasteiger partial charge in [0.2, 0.25) is 5.91 Å². The van der Waals surface area contributed by atoms with Gasteiger partial charge in [-0.2, -0.15) is 0 Å². The van der Waals surface area contributed by atoms with Crippen molar-refractivity contribution in [3.8, 4) is 0 Å². The Morgan fingerprint density at radius 2 is 2.17 bits per heavy atom. The number of carbonyl (C=O) groups excluding carboxylic acids is 1. The van der Waals surface area contributed by atoms with Crippen LogP contribution in [0, 0.1) is 5.82 Å². The number of hydrogen-bond acceptors (Lipinski definition) is 3. The summed E-state index contributed by atoms with van der Waals surface area (Å²) in [5.74, 6) is -0.255. The van der Waals surface area contributed by atoms with Gasteiger partial charge in [0.15, 0.2) is 0 Å². The molecule has 1 atom stereocenters. The third-order valence-corrected chi connectivity index (χ3v) is 4.33. The molecule has 1 amide bonds. The number of pyridine rings is 1. The summed E-state index contributed by atoms with van der Waals surface area (Å²) >= 11 is 0. The summed E-state index contributed by atoms with van der Waals surface area (Å²) in [6.45, 7) is 3.65. The maximum Gasteiger partial charge on any atom is 0.217 e. The summed E-state index contributed by atoms with van der Waals surface area (Å²) in [6.07, 6.45) is 2.16. The molecular formula is C19H22FN3O. The van der Waals surface area contributed by atoms with Crippen LogP contribution in [-0.4, -0.2) is 22.3 Å². The quantitative estimate of drug-likeness (QED) is 0.917. The topological polar surface area (TPSA) is 45.2 Å². The van der Waals surface area contributed by atoms with Crippen molar-refractivity contribution in [1.29, 1.82) is 0 Å². The summed E-state index contributed by atoms with van der Waals surface area (Å²) in [5.41, 5.74) is 2.86. The van der Waals surface area contributed by atoms with Gasteiger partial charge < -0.3 is 5.32 Å². The Hall–Kier alpha value is -2.27. The molecule has 5 heteroatoms. The Kier molecular flexibility index (Phi) is 5.20. The van der Waals surface area contributed by atoms with Gasteiger partial charge in [0, 0.05) is 13.5 Å². The lowest BCUT2D eigenvalue weighted by Crippen LogP contribution is -2.24. The molecule has 2 heterocycles.